The summed E-state index contributed by atoms with van der Waals surface area (Å²) in [5.41, 5.74) is 0.382. The lowest BCUT2D eigenvalue weighted by Gasteiger charge is -2.07. The maximum Gasteiger partial charge on any atom is 0.269 e. The van der Waals surface area contributed by atoms with Crippen molar-refractivity contribution in [2.45, 2.75) is 0 Å². The molecule has 0 atom stereocenters. The fourth-order valence-corrected chi connectivity index (χ4v) is 1.64. The number of carboxylic acids is 1. The first-order valence-electron chi connectivity index (χ1n) is 5.25. The molecule has 0 aliphatic carbocycles. The molecule has 0 saturated heterocycles. The molecule has 6 heteroatoms. The molecule has 0 heterocycles. The van der Waals surface area contributed by atoms with Gasteiger partial charge in [0.15, 0.2) is 0 Å². The molecule has 0 unspecified atom stereocenters. The van der Waals surface area contributed by atoms with Crippen molar-refractivity contribution >= 4 is 11.7 Å². The fourth-order valence-electron chi connectivity index (χ4n) is 1.64. The molecule has 0 radical (unpaired) electrons. The number of halogens is 1. The van der Waals surface area contributed by atoms with Gasteiger partial charge in [-0.15, -0.1) is 0 Å². The maximum absolute atomic E-state index is 13.5. The van der Waals surface area contributed by atoms with Crippen LogP contribution < -0.4 is 5.11 Å². The van der Waals surface area contributed by atoms with Crippen LogP contribution in [-0.2, 0) is 0 Å². The Morgan fingerprint density at radius 1 is 1.05 bits per heavy atom. The fraction of sp³-hybridized carbons (Fsp3) is 0. The zero-order valence-corrected chi connectivity index (χ0v) is 9.50. The average Bonchev–Trinajstić information content (AvgIpc) is 2.38. The lowest BCUT2D eigenvalue weighted by Crippen LogP contribution is -2.23. The second kappa shape index (κ2) is 4.85. The van der Waals surface area contributed by atoms with Gasteiger partial charge in [0.2, 0.25) is 0 Å². The third kappa shape index (κ3) is 2.57. The van der Waals surface area contributed by atoms with Crippen LogP contribution in [0.2, 0.25) is 0 Å². The maximum atomic E-state index is 13.5. The Kier molecular flexibility index (Phi) is 3.24. The number of nitro benzene ring substituents is 1. The smallest absolute Gasteiger partial charge is 0.269 e. The van der Waals surface area contributed by atoms with Gasteiger partial charge < -0.3 is 9.90 Å². The molecule has 5 nitrogen and oxygen atoms in total. The molecule has 0 aliphatic rings. The second-order valence-electron chi connectivity index (χ2n) is 3.79. The zero-order chi connectivity index (χ0) is 14.0. The number of carboxylic acid groups (broad SMARTS) is 1. The zero-order valence-electron chi connectivity index (χ0n) is 9.50. The van der Waals surface area contributed by atoms with E-state index in [2.05, 4.69) is 0 Å². The lowest BCUT2D eigenvalue weighted by molar-refractivity contribution is -0.384. The molecule has 96 valence electrons. The standard InChI is InChI=1S/C13H8FNO4/c14-12-7-9(3-6-11(12)13(16)17)8-1-4-10(5-2-8)15(18)19/h1-7H,(H,16,17)/p-1. The lowest BCUT2D eigenvalue weighted by atomic mass is 10.0. The van der Waals surface area contributed by atoms with Crippen molar-refractivity contribution in [3.05, 3.63) is 64.0 Å². The Morgan fingerprint density at radius 3 is 2.11 bits per heavy atom. The number of hydrogen-bond donors (Lipinski definition) is 0. The third-order valence-electron chi connectivity index (χ3n) is 2.60. The van der Waals surface area contributed by atoms with Crippen LogP contribution in [0.15, 0.2) is 42.5 Å². The Balaban J connectivity index is 2.39. The number of carbonyl (C=O) groups is 1. The monoisotopic (exact) mass is 260 g/mol. The van der Waals surface area contributed by atoms with E-state index in [1.165, 1.54) is 30.3 Å². The van der Waals surface area contributed by atoms with Crippen molar-refractivity contribution < 1.29 is 19.2 Å². The van der Waals surface area contributed by atoms with Gasteiger partial charge in [-0.1, -0.05) is 6.07 Å². The summed E-state index contributed by atoms with van der Waals surface area (Å²) >= 11 is 0. The number of aromatic carboxylic acids is 1. The molecule has 0 aliphatic heterocycles. The molecule has 0 bridgehead atoms. The van der Waals surface area contributed by atoms with Crippen molar-refractivity contribution in [2.24, 2.45) is 0 Å². The minimum Gasteiger partial charge on any atom is -0.545 e. The molecule has 19 heavy (non-hydrogen) atoms. The summed E-state index contributed by atoms with van der Waals surface area (Å²) in [6.07, 6.45) is 0. The first-order valence-corrected chi connectivity index (χ1v) is 5.25. The summed E-state index contributed by atoms with van der Waals surface area (Å²) in [4.78, 5) is 20.5. The van der Waals surface area contributed by atoms with Gasteiger partial charge >= 0.3 is 0 Å². The number of hydrogen-bond acceptors (Lipinski definition) is 4. The molecule has 0 N–H and O–H groups in total. The van der Waals surface area contributed by atoms with Crippen LogP contribution in [0.1, 0.15) is 10.4 Å². The van der Waals surface area contributed by atoms with Gasteiger partial charge in [0.25, 0.3) is 5.69 Å². The van der Waals surface area contributed by atoms with E-state index in [1.54, 1.807) is 0 Å². The molecular weight excluding hydrogens is 253 g/mol. The van der Waals surface area contributed by atoms with Crippen molar-refractivity contribution in [3.8, 4) is 11.1 Å². The Hall–Kier alpha value is -2.76. The van der Waals surface area contributed by atoms with Crippen LogP contribution >= 0.6 is 0 Å². The molecule has 2 aromatic rings. The molecule has 0 fully saturated rings. The van der Waals surface area contributed by atoms with Crippen molar-refractivity contribution in [2.75, 3.05) is 0 Å². The Morgan fingerprint density at radius 2 is 1.63 bits per heavy atom. The molecular formula is C13H7FNO4-. The molecule has 2 rings (SSSR count). The quantitative estimate of drug-likeness (QED) is 0.621. The van der Waals surface area contributed by atoms with Crippen LogP contribution in [0.5, 0.6) is 0 Å². The largest absolute Gasteiger partial charge is 0.545 e. The summed E-state index contributed by atoms with van der Waals surface area (Å²) in [6, 6.07) is 9.07. The minimum absolute atomic E-state index is 0.0735. The number of benzene rings is 2. The SMILES string of the molecule is O=C([O-])c1ccc(-c2ccc([N+](=O)[O-])cc2)cc1F. The molecule has 0 spiro atoms. The predicted octanol–water partition coefficient (Wildman–Crippen LogP) is 1.76. The van der Waals surface area contributed by atoms with E-state index in [4.69, 9.17) is 0 Å². The van der Waals surface area contributed by atoms with Gasteiger partial charge in [-0.05, 0) is 35.4 Å². The number of nitrogens with zero attached hydrogens (tertiary/aromatic N) is 1. The van der Waals surface area contributed by atoms with Crippen molar-refractivity contribution in [3.63, 3.8) is 0 Å². The predicted molar refractivity (Wildman–Crippen MR) is 62.8 cm³/mol. The highest BCUT2D eigenvalue weighted by Crippen LogP contribution is 2.24. The van der Waals surface area contributed by atoms with Gasteiger partial charge in [0.1, 0.15) is 5.82 Å². The minimum atomic E-state index is -1.59. The molecule has 0 aromatic heterocycles. The number of nitro groups is 1. The van der Waals surface area contributed by atoms with E-state index < -0.39 is 22.3 Å². The summed E-state index contributed by atoms with van der Waals surface area (Å²) in [6.45, 7) is 0. The van der Waals surface area contributed by atoms with Crippen molar-refractivity contribution in [1.29, 1.82) is 0 Å². The van der Waals surface area contributed by atoms with E-state index in [0.717, 1.165) is 12.1 Å². The average molecular weight is 260 g/mol. The van der Waals surface area contributed by atoms with E-state index in [-0.39, 0.29) is 5.69 Å². The van der Waals surface area contributed by atoms with Crippen LogP contribution in [0.3, 0.4) is 0 Å². The van der Waals surface area contributed by atoms with Gasteiger partial charge in [-0.3, -0.25) is 10.1 Å². The van der Waals surface area contributed by atoms with Crippen LogP contribution in [0, 0.1) is 15.9 Å². The van der Waals surface area contributed by atoms with Gasteiger partial charge in [-0.2, -0.15) is 0 Å². The highest BCUT2D eigenvalue weighted by Gasteiger charge is 2.08. The van der Waals surface area contributed by atoms with Crippen LogP contribution in [-0.4, -0.2) is 10.9 Å². The number of carbonyl (C=O) groups excluding carboxylic acids is 1. The first-order chi connectivity index (χ1) is 8.99. The Bertz CT molecular complexity index is 652. The number of non-ortho nitro benzene ring substituents is 1. The molecule has 0 amide bonds. The van der Waals surface area contributed by atoms with Crippen LogP contribution in [0.25, 0.3) is 11.1 Å². The van der Waals surface area contributed by atoms with E-state index in [9.17, 15) is 24.4 Å². The summed E-state index contributed by atoms with van der Waals surface area (Å²) in [5, 5.41) is 21.1. The highest BCUT2D eigenvalue weighted by molar-refractivity contribution is 5.87. The molecule has 0 saturated carbocycles. The first kappa shape index (κ1) is 12.7. The molecule has 2 aromatic carbocycles. The van der Waals surface area contributed by atoms with E-state index in [0.29, 0.717) is 11.1 Å². The van der Waals surface area contributed by atoms with Gasteiger partial charge in [0.05, 0.1) is 10.9 Å². The topological polar surface area (TPSA) is 83.3 Å². The number of rotatable bonds is 3. The third-order valence-corrected chi connectivity index (χ3v) is 2.60. The van der Waals surface area contributed by atoms with Crippen molar-refractivity contribution in [1.82, 2.24) is 0 Å². The summed E-state index contributed by atoms with van der Waals surface area (Å²) in [7, 11) is 0. The second-order valence-corrected chi connectivity index (χ2v) is 3.79. The summed E-state index contributed by atoms with van der Waals surface area (Å²) < 4.78 is 13.5. The van der Waals surface area contributed by atoms with Crippen LogP contribution in [0.4, 0.5) is 10.1 Å². The van der Waals surface area contributed by atoms with E-state index in [1.807, 2.05) is 0 Å². The normalized spacial score (nSPS) is 10.2. The van der Waals surface area contributed by atoms with Gasteiger partial charge in [-0.25, -0.2) is 4.39 Å². The van der Waals surface area contributed by atoms with E-state index >= 15 is 0 Å². The highest BCUT2D eigenvalue weighted by atomic mass is 19.1. The Labute approximate surface area is 107 Å². The van der Waals surface area contributed by atoms with Gasteiger partial charge in [0, 0.05) is 17.7 Å². The summed E-state index contributed by atoms with van der Waals surface area (Å²) in [5.74, 6) is -2.50.